The molecule has 2 aromatic carbocycles. The van der Waals surface area contributed by atoms with Gasteiger partial charge in [-0.25, -0.2) is 0 Å². The molecule has 2 heterocycles. The molecular formula is C23H34N4. The van der Waals surface area contributed by atoms with Crippen molar-refractivity contribution in [2.75, 3.05) is 71.4 Å². The first-order chi connectivity index (χ1) is 13.2. The molecule has 0 amide bonds. The van der Waals surface area contributed by atoms with Crippen molar-refractivity contribution in [1.29, 1.82) is 0 Å². The van der Waals surface area contributed by atoms with E-state index in [-0.39, 0.29) is 0 Å². The van der Waals surface area contributed by atoms with Gasteiger partial charge in [0, 0.05) is 64.6 Å². The summed E-state index contributed by atoms with van der Waals surface area (Å²) >= 11 is 0. The molecule has 0 aliphatic carbocycles. The summed E-state index contributed by atoms with van der Waals surface area (Å²) in [5.74, 6) is 0. The first-order valence-electron chi connectivity index (χ1n) is 10.1. The van der Waals surface area contributed by atoms with Crippen LogP contribution in [-0.2, 0) is 6.54 Å². The van der Waals surface area contributed by atoms with E-state index in [4.69, 9.17) is 0 Å². The fraction of sp³-hybridized carbons (Fsp3) is 0.478. The highest BCUT2D eigenvalue weighted by Crippen LogP contribution is 2.14. The Morgan fingerprint density at radius 3 is 1.63 bits per heavy atom. The largest absolute Gasteiger partial charge is 0.369 e. The Morgan fingerprint density at radius 2 is 1.07 bits per heavy atom. The number of benzene rings is 2. The number of likely N-dealkylation sites (N-methyl/N-ethyl adjacent to an activating group) is 2. The second-order valence-electron chi connectivity index (χ2n) is 7.69. The Balaban J connectivity index is 0.000000156. The molecule has 2 aliphatic rings. The molecular weight excluding hydrogens is 332 g/mol. The van der Waals surface area contributed by atoms with E-state index in [1.807, 2.05) is 0 Å². The maximum absolute atomic E-state index is 2.52. The van der Waals surface area contributed by atoms with E-state index in [2.05, 4.69) is 94.4 Å². The maximum atomic E-state index is 2.52. The van der Waals surface area contributed by atoms with Crippen molar-refractivity contribution in [3.05, 3.63) is 66.2 Å². The van der Waals surface area contributed by atoms with E-state index in [0.29, 0.717) is 0 Å². The van der Waals surface area contributed by atoms with Gasteiger partial charge in [-0.3, -0.25) is 4.90 Å². The Morgan fingerprint density at radius 1 is 0.593 bits per heavy atom. The lowest BCUT2D eigenvalue weighted by molar-refractivity contribution is 0.148. The van der Waals surface area contributed by atoms with Crippen molar-refractivity contribution >= 4 is 5.69 Å². The summed E-state index contributed by atoms with van der Waals surface area (Å²) in [6.45, 7) is 10.6. The van der Waals surface area contributed by atoms with Crippen LogP contribution in [0.25, 0.3) is 0 Å². The van der Waals surface area contributed by atoms with Crippen molar-refractivity contribution in [1.82, 2.24) is 14.7 Å². The molecule has 27 heavy (non-hydrogen) atoms. The van der Waals surface area contributed by atoms with Crippen LogP contribution in [0.15, 0.2) is 60.7 Å². The standard InChI is InChI=1S/C12H18N2.C11H16N2/c1-13-7-9-14(10-8-13)11-12-5-3-2-4-6-12;1-12-7-9-13(10-8-12)11-5-3-2-4-6-11/h2-6H,7-11H2,1H3;2-6H,7-10H2,1H3. The van der Waals surface area contributed by atoms with E-state index in [0.717, 1.165) is 19.6 Å². The summed E-state index contributed by atoms with van der Waals surface area (Å²) in [5.41, 5.74) is 2.78. The average Bonchev–Trinajstić information content (AvgIpc) is 2.72. The monoisotopic (exact) mass is 366 g/mol. The van der Waals surface area contributed by atoms with Gasteiger partial charge in [-0.1, -0.05) is 48.5 Å². The smallest absolute Gasteiger partial charge is 0.0367 e. The molecule has 4 heteroatoms. The van der Waals surface area contributed by atoms with E-state index < -0.39 is 0 Å². The van der Waals surface area contributed by atoms with Gasteiger partial charge in [0.05, 0.1) is 0 Å². The van der Waals surface area contributed by atoms with Gasteiger partial charge >= 0.3 is 0 Å². The van der Waals surface area contributed by atoms with Crippen LogP contribution in [0.4, 0.5) is 5.69 Å². The molecule has 0 atom stereocenters. The highest BCUT2D eigenvalue weighted by atomic mass is 15.3. The highest BCUT2D eigenvalue weighted by Gasteiger charge is 2.14. The van der Waals surface area contributed by atoms with Gasteiger partial charge in [-0.2, -0.15) is 0 Å². The molecule has 2 aromatic rings. The van der Waals surface area contributed by atoms with Crippen LogP contribution in [0.3, 0.4) is 0 Å². The van der Waals surface area contributed by atoms with Crippen LogP contribution >= 0.6 is 0 Å². The lowest BCUT2D eigenvalue weighted by atomic mass is 10.2. The quantitative estimate of drug-likeness (QED) is 0.828. The summed E-state index contributed by atoms with van der Waals surface area (Å²) < 4.78 is 0. The van der Waals surface area contributed by atoms with Crippen molar-refractivity contribution in [2.45, 2.75) is 6.54 Å². The lowest BCUT2D eigenvalue weighted by Gasteiger charge is -2.33. The topological polar surface area (TPSA) is 13.0 Å². The maximum Gasteiger partial charge on any atom is 0.0367 e. The second-order valence-corrected chi connectivity index (χ2v) is 7.69. The summed E-state index contributed by atoms with van der Waals surface area (Å²) in [6, 6.07) is 21.4. The van der Waals surface area contributed by atoms with Crippen LogP contribution in [0, 0.1) is 0 Å². The summed E-state index contributed by atoms with van der Waals surface area (Å²) in [5, 5.41) is 0. The molecule has 2 aliphatic heterocycles. The number of piperazine rings is 2. The Labute approximate surface area is 165 Å². The van der Waals surface area contributed by atoms with Gasteiger partial charge in [-0.15, -0.1) is 0 Å². The fourth-order valence-electron chi connectivity index (χ4n) is 3.55. The Hall–Kier alpha value is -1.88. The van der Waals surface area contributed by atoms with Gasteiger partial charge in [0.25, 0.3) is 0 Å². The molecule has 0 aromatic heterocycles. The molecule has 0 spiro atoms. The van der Waals surface area contributed by atoms with E-state index >= 15 is 0 Å². The molecule has 4 rings (SSSR count). The molecule has 0 saturated carbocycles. The number of nitrogens with zero attached hydrogens (tertiary/aromatic N) is 4. The van der Waals surface area contributed by atoms with Gasteiger partial charge in [-0.05, 0) is 31.8 Å². The molecule has 2 fully saturated rings. The third-order valence-electron chi connectivity index (χ3n) is 5.47. The highest BCUT2D eigenvalue weighted by molar-refractivity contribution is 5.46. The zero-order valence-electron chi connectivity index (χ0n) is 16.9. The fourth-order valence-corrected chi connectivity index (χ4v) is 3.55. The molecule has 146 valence electrons. The van der Waals surface area contributed by atoms with Crippen molar-refractivity contribution in [3.8, 4) is 0 Å². The van der Waals surface area contributed by atoms with Gasteiger partial charge < -0.3 is 14.7 Å². The van der Waals surface area contributed by atoms with Crippen molar-refractivity contribution in [3.63, 3.8) is 0 Å². The molecule has 0 radical (unpaired) electrons. The predicted octanol–water partition coefficient (Wildman–Crippen LogP) is 2.87. The van der Waals surface area contributed by atoms with Crippen LogP contribution < -0.4 is 4.90 Å². The third-order valence-corrected chi connectivity index (χ3v) is 5.47. The molecule has 2 saturated heterocycles. The van der Waals surface area contributed by atoms with E-state index in [1.54, 1.807) is 0 Å². The van der Waals surface area contributed by atoms with Crippen molar-refractivity contribution < 1.29 is 0 Å². The van der Waals surface area contributed by atoms with Crippen LogP contribution in [0.1, 0.15) is 5.56 Å². The Kier molecular flexibility index (Phi) is 7.69. The van der Waals surface area contributed by atoms with Crippen LogP contribution in [-0.4, -0.2) is 81.2 Å². The predicted molar refractivity (Wildman–Crippen MR) is 115 cm³/mol. The summed E-state index contributed by atoms with van der Waals surface area (Å²) in [7, 11) is 4.38. The molecule has 0 bridgehead atoms. The van der Waals surface area contributed by atoms with Gasteiger partial charge in [0.2, 0.25) is 0 Å². The zero-order chi connectivity index (χ0) is 18.9. The van der Waals surface area contributed by atoms with E-state index in [9.17, 15) is 0 Å². The van der Waals surface area contributed by atoms with Crippen LogP contribution in [0.2, 0.25) is 0 Å². The number of hydrogen-bond donors (Lipinski definition) is 0. The number of para-hydroxylation sites is 1. The minimum absolute atomic E-state index is 1.11. The minimum Gasteiger partial charge on any atom is -0.369 e. The number of rotatable bonds is 3. The lowest BCUT2D eigenvalue weighted by Crippen LogP contribution is -2.44. The first-order valence-corrected chi connectivity index (χ1v) is 10.1. The SMILES string of the molecule is CN1CCN(Cc2ccccc2)CC1.CN1CCN(c2ccccc2)CC1. The molecule has 0 unspecified atom stereocenters. The number of anilines is 1. The van der Waals surface area contributed by atoms with Crippen molar-refractivity contribution in [2.24, 2.45) is 0 Å². The summed E-state index contributed by atoms with van der Waals surface area (Å²) in [4.78, 5) is 9.73. The minimum atomic E-state index is 1.11. The van der Waals surface area contributed by atoms with Gasteiger partial charge in [0.1, 0.15) is 0 Å². The first kappa shape index (κ1) is 19.9. The average molecular weight is 367 g/mol. The van der Waals surface area contributed by atoms with Gasteiger partial charge in [0.15, 0.2) is 0 Å². The van der Waals surface area contributed by atoms with E-state index in [1.165, 1.54) is 50.5 Å². The Bertz CT molecular complexity index is 630. The molecule has 4 nitrogen and oxygen atoms in total. The number of hydrogen-bond acceptors (Lipinski definition) is 4. The zero-order valence-corrected chi connectivity index (χ0v) is 16.9. The normalized spacial score (nSPS) is 19.4. The third kappa shape index (κ3) is 6.65. The summed E-state index contributed by atoms with van der Waals surface area (Å²) in [6.07, 6.45) is 0. The molecule has 0 N–H and O–H groups in total. The van der Waals surface area contributed by atoms with Crippen LogP contribution in [0.5, 0.6) is 0 Å². The second kappa shape index (κ2) is 10.5.